The summed E-state index contributed by atoms with van der Waals surface area (Å²) in [4.78, 5) is 4.74. The van der Waals surface area contributed by atoms with Crippen molar-refractivity contribution < 1.29 is 9.47 Å². The van der Waals surface area contributed by atoms with E-state index < -0.39 is 0 Å². The molecule has 0 amide bonds. The van der Waals surface area contributed by atoms with Crippen LogP contribution in [0.5, 0.6) is 0 Å². The van der Waals surface area contributed by atoms with E-state index in [0.717, 1.165) is 37.0 Å². The zero-order valence-corrected chi connectivity index (χ0v) is 33.5. The Morgan fingerprint density at radius 3 is 2.48 bits per heavy atom. The van der Waals surface area contributed by atoms with Gasteiger partial charge >= 0.3 is 0 Å². The molecule has 0 aliphatic heterocycles. The third-order valence-electron chi connectivity index (χ3n) is 15.7. The number of hydrogen-bond acceptors (Lipinski definition) is 3. The molecule has 6 rings (SSSR count). The second-order valence-electron chi connectivity index (χ2n) is 18.4. The zero-order valence-electron chi connectivity index (χ0n) is 33.5. The number of fused-ring (bicyclic) bond motifs is 3. The van der Waals surface area contributed by atoms with Crippen LogP contribution in [0.25, 0.3) is 5.57 Å². The van der Waals surface area contributed by atoms with Gasteiger partial charge in [-0.15, -0.1) is 0 Å². The fourth-order valence-corrected chi connectivity index (χ4v) is 12.0. The van der Waals surface area contributed by atoms with E-state index in [9.17, 15) is 0 Å². The van der Waals surface area contributed by atoms with Gasteiger partial charge < -0.3 is 9.47 Å². The lowest BCUT2D eigenvalue weighted by atomic mass is 9.57. The summed E-state index contributed by atoms with van der Waals surface area (Å²) in [5.41, 5.74) is 10.4. The average molecular weight is 682 g/mol. The first kappa shape index (κ1) is 37.8. The molecule has 2 saturated carbocycles. The van der Waals surface area contributed by atoms with Crippen LogP contribution in [0.2, 0.25) is 0 Å². The first-order valence-electron chi connectivity index (χ1n) is 20.7. The van der Waals surface area contributed by atoms with E-state index in [1.807, 2.05) is 20.4 Å². The summed E-state index contributed by atoms with van der Waals surface area (Å²) in [7, 11) is 3.80. The molecule has 0 radical (unpaired) electrons. The van der Waals surface area contributed by atoms with E-state index in [1.54, 1.807) is 22.3 Å². The Balaban J connectivity index is 1.32. The van der Waals surface area contributed by atoms with Crippen LogP contribution in [-0.2, 0) is 9.47 Å². The second kappa shape index (κ2) is 15.6. The van der Waals surface area contributed by atoms with Crippen molar-refractivity contribution >= 4 is 5.57 Å². The van der Waals surface area contributed by atoms with Crippen LogP contribution in [0, 0.1) is 45.8 Å². The molecule has 0 saturated heterocycles. The van der Waals surface area contributed by atoms with Crippen LogP contribution in [0.3, 0.4) is 0 Å². The highest BCUT2D eigenvalue weighted by Gasteiger charge is 2.54. The van der Waals surface area contributed by atoms with Crippen LogP contribution in [0.4, 0.5) is 0 Å². The molecule has 276 valence electrons. The molecule has 1 unspecified atom stereocenters. The normalized spacial score (nSPS) is 39.6. The molecular formula is C47H71NO2. The minimum atomic E-state index is 0.158. The number of hydrogen-bond donors (Lipinski definition) is 0. The Morgan fingerprint density at radius 2 is 1.76 bits per heavy atom. The second-order valence-corrected chi connectivity index (χ2v) is 18.4. The molecule has 50 heavy (non-hydrogen) atoms. The Labute approximate surface area is 306 Å². The van der Waals surface area contributed by atoms with Crippen LogP contribution in [0.1, 0.15) is 150 Å². The first-order chi connectivity index (χ1) is 24.0. The standard InChI is InChI=1S/C47H71NO2/c1-10-13-38(49-8)28-32(2)17-18-40-33(3)21-24-47(7)42(40)19-20-43(47)41-30-37-16-11-15-36-29-39(50-9)23-26-45(36,5)34(4)22-25-46(37,6)44(41)35-14-12-27-48-31-35/h12,14-15,17,20,27,31,33-34,37-40,42H,10-11,13,16,18-19,21-26,28-30H2,1-9H3/b32-17+,36-15-/t33-,34+,37+,38-,39-,40?,42-,45+,46-,47-/m0/s1. The summed E-state index contributed by atoms with van der Waals surface area (Å²) in [5.74, 6) is 3.54. The summed E-state index contributed by atoms with van der Waals surface area (Å²) in [5, 5.41) is 0. The summed E-state index contributed by atoms with van der Waals surface area (Å²) < 4.78 is 11.8. The van der Waals surface area contributed by atoms with Gasteiger partial charge in [-0.2, -0.15) is 0 Å². The number of ether oxygens (including phenoxy) is 2. The average Bonchev–Trinajstić information content (AvgIpc) is 3.60. The van der Waals surface area contributed by atoms with E-state index in [0.29, 0.717) is 24.0 Å². The van der Waals surface area contributed by atoms with Gasteiger partial charge in [0.05, 0.1) is 12.2 Å². The number of aromatic nitrogens is 1. The lowest BCUT2D eigenvalue weighted by Crippen LogP contribution is -2.39. The minimum Gasteiger partial charge on any atom is -0.381 e. The molecule has 10 atom stereocenters. The number of pyridine rings is 1. The molecule has 3 heteroatoms. The lowest BCUT2D eigenvalue weighted by molar-refractivity contribution is 0.0427. The maximum Gasteiger partial charge on any atom is 0.0608 e. The molecule has 5 aliphatic rings. The monoisotopic (exact) mass is 682 g/mol. The van der Waals surface area contributed by atoms with Crippen molar-refractivity contribution in [2.45, 2.75) is 157 Å². The summed E-state index contributed by atoms with van der Waals surface area (Å²) >= 11 is 0. The fraction of sp³-hybridized carbons (Fsp3) is 0.723. The van der Waals surface area contributed by atoms with Gasteiger partial charge in [0.15, 0.2) is 0 Å². The van der Waals surface area contributed by atoms with Gasteiger partial charge in [-0.1, -0.05) is 83.4 Å². The van der Waals surface area contributed by atoms with Crippen molar-refractivity contribution in [1.82, 2.24) is 4.98 Å². The molecule has 3 nitrogen and oxygen atoms in total. The van der Waals surface area contributed by atoms with E-state index >= 15 is 0 Å². The van der Waals surface area contributed by atoms with Crippen LogP contribution in [-0.4, -0.2) is 31.4 Å². The van der Waals surface area contributed by atoms with Crippen molar-refractivity contribution in [3.05, 3.63) is 70.6 Å². The van der Waals surface area contributed by atoms with Crippen molar-refractivity contribution in [3.63, 3.8) is 0 Å². The van der Waals surface area contributed by atoms with Gasteiger partial charge in [0.2, 0.25) is 0 Å². The highest BCUT2D eigenvalue weighted by atomic mass is 16.5. The number of allylic oxidation sites excluding steroid dienone is 6. The maximum absolute atomic E-state index is 5.92. The quantitative estimate of drug-likeness (QED) is 0.230. The third kappa shape index (κ3) is 7.05. The smallest absolute Gasteiger partial charge is 0.0608 e. The number of methoxy groups -OCH3 is 2. The van der Waals surface area contributed by atoms with Crippen molar-refractivity contribution in [2.24, 2.45) is 45.8 Å². The predicted molar refractivity (Wildman–Crippen MR) is 211 cm³/mol. The number of rotatable bonds is 10. The topological polar surface area (TPSA) is 31.4 Å². The SMILES string of the molecule is CCC[C@@H](C/C(C)=C/CC1[C@@H](C)CC[C@]2(C)C(C3=C(c4cccnc4)[C@@]4(C)CC[C@@H](C)[C@@]5(C)CC[C@H](OC)C/C5=C/CC[C@@H]4C3)=CC[C@@H]12)OC. The van der Waals surface area contributed by atoms with Gasteiger partial charge in [0.25, 0.3) is 0 Å². The van der Waals surface area contributed by atoms with Gasteiger partial charge in [-0.3, -0.25) is 4.98 Å². The zero-order chi connectivity index (χ0) is 35.7. The van der Waals surface area contributed by atoms with Crippen LogP contribution < -0.4 is 0 Å². The lowest BCUT2D eigenvalue weighted by Gasteiger charge is -2.47. The molecule has 0 bridgehead atoms. The fourth-order valence-electron chi connectivity index (χ4n) is 12.0. The summed E-state index contributed by atoms with van der Waals surface area (Å²) in [6.07, 6.45) is 31.2. The Hall–Kier alpha value is -1.97. The Bertz CT molecular complexity index is 1450. The Kier molecular flexibility index (Phi) is 11.8. The van der Waals surface area contributed by atoms with E-state index in [1.165, 1.54) is 88.2 Å². The Morgan fingerprint density at radius 1 is 0.980 bits per heavy atom. The van der Waals surface area contributed by atoms with Gasteiger partial charge in [0, 0.05) is 26.6 Å². The first-order valence-corrected chi connectivity index (χ1v) is 20.7. The van der Waals surface area contributed by atoms with E-state index in [-0.39, 0.29) is 16.2 Å². The summed E-state index contributed by atoms with van der Waals surface area (Å²) in [6.45, 7) is 17.6. The summed E-state index contributed by atoms with van der Waals surface area (Å²) in [6, 6.07) is 4.56. The van der Waals surface area contributed by atoms with Crippen molar-refractivity contribution in [2.75, 3.05) is 14.2 Å². The molecule has 0 spiro atoms. The van der Waals surface area contributed by atoms with Gasteiger partial charge in [0.1, 0.15) is 0 Å². The molecular weight excluding hydrogens is 611 g/mol. The van der Waals surface area contributed by atoms with E-state index in [4.69, 9.17) is 14.5 Å². The molecule has 1 aromatic heterocycles. The van der Waals surface area contributed by atoms with Gasteiger partial charge in [-0.25, -0.2) is 0 Å². The highest BCUT2D eigenvalue weighted by molar-refractivity contribution is 5.79. The number of nitrogens with zero attached hydrogens (tertiary/aromatic N) is 1. The molecule has 5 aliphatic carbocycles. The molecule has 1 heterocycles. The largest absolute Gasteiger partial charge is 0.381 e. The van der Waals surface area contributed by atoms with Gasteiger partial charge in [-0.05, 0) is 171 Å². The molecule has 2 fully saturated rings. The van der Waals surface area contributed by atoms with Crippen LogP contribution >= 0.6 is 0 Å². The van der Waals surface area contributed by atoms with Crippen LogP contribution in [0.15, 0.2) is 65.0 Å². The molecule has 0 aromatic carbocycles. The van der Waals surface area contributed by atoms with Crippen molar-refractivity contribution in [1.29, 1.82) is 0 Å². The molecule has 1 aromatic rings. The van der Waals surface area contributed by atoms with Crippen molar-refractivity contribution in [3.8, 4) is 0 Å². The van der Waals surface area contributed by atoms with E-state index in [2.05, 4.69) is 85.0 Å². The maximum atomic E-state index is 5.92. The predicted octanol–water partition coefficient (Wildman–Crippen LogP) is 12.7. The highest BCUT2D eigenvalue weighted by Crippen LogP contribution is 2.65. The minimum absolute atomic E-state index is 0.158. The third-order valence-corrected chi connectivity index (χ3v) is 15.7. The molecule has 0 N–H and O–H groups in total.